The van der Waals surface area contributed by atoms with E-state index < -0.39 is 6.23 Å². The molecule has 2 nitrogen and oxygen atoms in total. The van der Waals surface area contributed by atoms with Gasteiger partial charge in [-0.05, 0) is 12.3 Å². The smallest absolute Gasteiger partial charge is 0.104 e. The number of rotatable bonds is 2. The Morgan fingerprint density at radius 3 is 2.14 bits per heavy atom. The van der Waals surface area contributed by atoms with E-state index in [2.05, 4.69) is 0 Å². The molecule has 7 heavy (non-hydrogen) atoms. The van der Waals surface area contributed by atoms with Crippen LogP contribution in [0, 0.1) is 5.92 Å². The normalized spacial score (nSPS) is 18.9. The van der Waals surface area contributed by atoms with Crippen LogP contribution >= 0.6 is 0 Å². The van der Waals surface area contributed by atoms with Crippen molar-refractivity contribution in [1.82, 2.24) is 0 Å². The maximum Gasteiger partial charge on any atom is 0.104 e. The van der Waals surface area contributed by atoms with Crippen LogP contribution < -0.4 is 5.73 Å². The maximum absolute atomic E-state index is 8.60. The first-order valence-corrected chi connectivity index (χ1v) is 2.62. The van der Waals surface area contributed by atoms with Gasteiger partial charge in [-0.25, -0.2) is 0 Å². The summed E-state index contributed by atoms with van der Waals surface area (Å²) in [5.41, 5.74) is 5.10. The van der Waals surface area contributed by atoms with E-state index in [4.69, 9.17) is 10.8 Å². The molecule has 0 rings (SSSR count). The van der Waals surface area contributed by atoms with Crippen LogP contribution in [-0.2, 0) is 0 Å². The predicted molar refractivity (Wildman–Crippen MR) is 29.6 cm³/mol. The van der Waals surface area contributed by atoms with Crippen LogP contribution in [0.2, 0.25) is 0 Å². The fourth-order valence-corrected chi connectivity index (χ4v) is 0.241. The van der Waals surface area contributed by atoms with Crippen molar-refractivity contribution < 1.29 is 5.11 Å². The summed E-state index contributed by atoms with van der Waals surface area (Å²) < 4.78 is 0. The Balaban J connectivity index is 3.14. The summed E-state index contributed by atoms with van der Waals surface area (Å²) in [6.07, 6.45) is 0.308. The molecule has 0 amide bonds. The molecule has 44 valence electrons. The molecule has 0 heterocycles. The van der Waals surface area contributed by atoms with Crippen LogP contribution in [0.5, 0.6) is 0 Å². The number of aliphatic hydroxyl groups is 1. The van der Waals surface area contributed by atoms with Gasteiger partial charge in [0.15, 0.2) is 0 Å². The molecule has 0 saturated heterocycles. The molecule has 0 aromatic carbocycles. The van der Waals surface area contributed by atoms with Crippen molar-refractivity contribution in [3.63, 3.8) is 0 Å². The number of aliphatic hydroxyl groups excluding tert-OH is 1. The summed E-state index contributed by atoms with van der Waals surface area (Å²) >= 11 is 0. The highest BCUT2D eigenvalue weighted by atomic mass is 16.3. The van der Waals surface area contributed by atoms with Gasteiger partial charge in [-0.1, -0.05) is 13.8 Å². The molecule has 2 atom stereocenters. The van der Waals surface area contributed by atoms with Crippen molar-refractivity contribution in [1.29, 1.82) is 0 Å². The van der Waals surface area contributed by atoms with Crippen molar-refractivity contribution in [3.05, 3.63) is 0 Å². The van der Waals surface area contributed by atoms with Gasteiger partial charge >= 0.3 is 0 Å². The largest absolute Gasteiger partial charge is 0.379 e. The highest BCUT2D eigenvalue weighted by Gasteiger charge is 2.03. The zero-order valence-corrected chi connectivity index (χ0v) is 4.89. The predicted octanol–water partition coefficient (Wildman–Crippen LogP) is 0.310. The van der Waals surface area contributed by atoms with E-state index in [9.17, 15) is 0 Å². The Hall–Kier alpha value is -0.0800. The van der Waals surface area contributed by atoms with Crippen LogP contribution in [0.1, 0.15) is 20.3 Å². The monoisotopic (exact) mass is 103 g/mol. The Morgan fingerprint density at radius 2 is 2.14 bits per heavy atom. The molecular weight excluding hydrogens is 90.1 g/mol. The molecule has 0 spiro atoms. The molecular formula is C5H13NO. The van der Waals surface area contributed by atoms with Gasteiger partial charge in [-0.3, -0.25) is 0 Å². The summed E-state index contributed by atoms with van der Waals surface area (Å²) in [4.78, 5) is 0. The lowest BCUT2D eigenvalue weighted by molar-refractivity contribution is 0.121. The lowest BCUT2D eigenvalue weighted by atomic mass is 10.1. The molecule has 0 bridgehead atoms. The van der Waals surface area contributed by atoms with Gasteiger partial charge in [0.2, 0.25) is 0 Å². The first-order valence-electron chi connectivity index (χ1n) is 2.62. The van der Waals surface area contributed by atoms with Crippen LogP contribution in [0.3, 0.4) is 0 Å². The van der Waals surface area contributed by atoms with Crippen LogP contribution in [0.15, 0.2) is 0 Å². The number of hydrogen-bond acceptors (Lipinski definition) is 2. The fraction of sp³-hybridized carbons (Fsp3) is 1.00. The molecule has 0 aromatic heterocycles. The molecule has 0 aliphatic carbocycles. The Kier molecular flexibility index (Phi) is 2.96. The number of nitrogens with two attached hydrogens (primary N) is 1. The standard InChI is InChI=1S/C5H13NO/c1-3-4(2)5(6)7/h4-5,7H,3,6H2,1-2H3. The van der Waals surface area contributed by atoms with Crippen molar-refractivity contribution in [3.8, 4) is 0 Å². The first-order chi connectivity index (χ1) is 3.18. The summed E-state index contributed by atoms with van der Waals surface area (Å²) in [6, 6.07) is 0. The third-order valence-electron chi connectivity index (χ3n) is 1.23. The Bertz CT molecular complexity index is 45.3. The molecule has 2 heteroatoms. The van der Waals surface area contributed by atoms with Crippen molar-refractivity contribution >= 4 is 0 Å². The summed E-state index contributed by atoms with van der Waals surface area (Å²) in [6.45, 7) is 3.92. The highest BCUT2D eigenvalue weighted by Crippen LogP contribution is 2.00. The summed E-state index contributed by atoms with van der Waals surface area (Å²) in [5.74, 6) is 0.236. The topological polar surface area (TPSA) is 46.2 Å². The van der Waals surface area contributed by atoms with Crippen molar-refractivity contribution in [2.75, 3.05) is 0 Å². The van der Waals surface area contributed by atoms with Gasteiger partial charge in [0.05, 0.1) is 0 Å². The van der Waals surface area contributed by atoms with Gasteiger partial charge in [-0.2, -0.15) is 0 Å². The van der Waals surface area contributed by atoms with Gasteiger partial charge in [0.1, 0.15) is 6.23 Å². The lowest BCUT2D eigenvalue weighted by Crippen LogP contribution is -2.26. The van der Waals surface area contributed by atoms with E-state index in [1.165, 1.54) is 0 Å². The summed E-state index contributed by atoms with van der Waals surface area (Å²) in [5, 5.41) is 8.60. The highest BCUT2D eigenvalue weighted by molar-refractivity contribution is 4.52. The van der Waals surface area contributed by atoms with Crippen LogP contribution in [0.4, 0.5) is 0 Å². The zero-order chi connectivity index (χ0) is 5.86. The average Bonchev–Trinajstić information content (AvgIpc) is 1.65. The molecule has 0 fully saturated rings. The molecule has 3 N–H and O–H groups in total. The minimum atomic E-state index is -0.634. The van der Waals surface area contributed by atoms with Gasteiger partial charge < -0.3 is 10.8 Å². The summed E-state index contributed by atoms with van der Waals surface area (Å²) in [7, 11) is 0. The second-order valence-electron chi connectivity index (χ2n) is 1.88. The lowest BCUT2D eigenvalue weighted by Gasteiger charge is -2.09. The third-order valence-corrected chi connectivity index (χ3v) is 1.23. The molecule has 0 saturated carbocycles. The van der Waals surface area contributed by atoms with E-state index in [1.807, 2.05) is 13.8 Å². The zero-order valence-electron chi connectivity index (χ0n) is 4.89. The fourth-order valence-electron chi connectivity index (χ4n) is 0.241. The minimum absolute atomic E-state index is 0.236. The van der Waals surface area contributed by atoms with Gasteiger partial charge in [0.25, 0.3) is 0 Å². The van der Waals surface area contributed by atoms with Gasteiger partial charge in [0, 0.05) is 0 Å². The van der Waals surface area contributed by atoms with E-state index in [1.54, 1.807) is 0 Å². The van der Waals surface area contributed by atoms with Crippen LogP contribution in [0.25, 0.3) is 0 Å². The molecule has 0 aliphatic heterocycles. The van der Waals surface area contributed by atoms with E-state index in [0.717, 1.165) is 6.42 Å². The molecule has 2 unspecified atom stereocenters. The minimum Gasteiger partial charge on any atom is -0.379 e. The van der Waals surface area contributed by atoms with Gasteiger partial charge in [-0.15, -0.1) is 0 Å². The molecule has 0 aliphatic rings. The molecule has 0 aromatic rings. The maximum atomic E-state index is 8.60. The first kappa shape index (κ1) is 6.92. The number of hydrogen-bond donors (Lipinski definition) is 2. The Labute approximate surface area is 44.3 Å². The second-order valence-corrected chi connectivity index (χ2v) is 1.88. The third kappa shape index (κ3) is 2.60. The Morgan fingerprint density at radius 1 is 1.71 bits per heavy atom. The van der Waals surface area contributed by atoms with Crippen molar-refractivity contribution in [2.45, 2.75) is 26.5 Å². The average molecular weight is 103 g/mol. The van der Waals surface area contributed by atoms with E-state index in [-0.39, 0.29) is 5.92 Å². The quantitative estimate of drug-likeness (QED) is 0.494. The van der Waals surface area contributed by atoms with E-state index >= 15 is 0 Å². The van der Waals surface area contributed by atoms with E-state index in [0.29, 0.717) is 0 Å². The SMILES string of the molecule is CCC(C)C(N)O. The van der Waals surface area contributed by atoms with Crippen molar-refractivity contribution in [2.24, 2.45) is 11.7 Å². The molecule has 0 radical (unpaired) electrons. The second kappa shape index (κ2) is 2.99. The van der Waals surface area contributed by atoms with Crippen LogP contribution in [-0.4, -0.2) is 11.3 Å².